The molecule has 48 heavy (non-hydrogen) atoms. The number of hydrogen-bond acceptors (Lipinski definition) is 3. The third-order valence-electron chi connectivity index (χ3n) is 9.44. The van der Waals surface area contributed by atoms with Crippen molar-refractivity contribution in [1.82, 2.24) is 14.4 Å². The largest absolute Gasteiger partial charge is 0.299 e. The highest BCUT2D eigenvalue weighted by molar-refractivity contribution is 7.25. The molecule has 10 aromatic rings. The van der Waals surface area contributed by atoms with Crippen LogP contribution < -0.4 is 0 Å². The Kier molecular flexibility index (Phi) is 6.05. The van der Waals surface area contributed by atoms with E-state index in [0.717, 1.165) is 33.8 Å². The lowest BCUT2D eigenvalue weighted by Gasteiger charge is -2.14. The molecule has 0 atom stereocenters. The summed E-state index contributed by atoms with van der Waals surface area (Å²) in [5.74, 6) is 0.722. The third kappa shape index (κ3) is 4.06. The molecular weight excluding hydrogens is 603 g/mol. The highest BCUT2D eigenvalue weighted by atomic mass is 32.1. The molecule has 0 aliphatic rings. The number of pyridine rings is 1. The minimum absolute atomic E-state index is 0.722. The van der Waals surface area contributed by atoms with Gasteiger partial charge >= 0.3 is 0 Å². The maximum atomic E-state index is 5.19. The minimum Gasteiger partial charge on any atom is -0.299 e. The molecule has 3 nitrogen and oxygen atoms in total. The number of benzene rings is 6. The number of aromatic nitrogens is 3. The first kappa shape index (κ1) is 27.1. The molecule has 0 bridgehead atoms. The molecule has 10 rings (SSSR count). The van der Waals surface area contributed by atoms with E-state index in [9.17, 15) is 0 Å². The number of rotatable bonds is 4. The maximum Gasteiger partial charge on any atom is 0.159 e. The summed E-state index contributed by atoms with van der Waals surface area (Å²) in [7, 11) is 0. The van der Waals surface area contributed by atoms with E-state index in [1.807, 2.05) is 41.8 Å². The van der Waals surface area contributed by atoms with Crippen LogP contribution in [0.15, 0.2) is 164 Å². The third-order valence-corrected chi connectivity index (χ3v) is 10.6. The second-order valence-electron chi connectivity index (χ2n) is 12.2. The predicted octanol–water partition coefficient (Wildman–Crippen LogP) is 12.1. The SMILES string of the molecule is c1ccc(-c2ncc(-c3ccc4c(c3)c3c5ccccc5sc3n3c5ccccc5c(-c5ccccc5)c43)c(-c3ccccc3)n2)cc1. The zero-order valence-electron chi connectivity index (χ0n) is 25.8. The van der Waals surface area contributed by atoms with Crippen molar-refractivity contribution in [2.24, 2.45) is 0 Å². The quantitative estimate of drug-likeness (QED) is 0.194. The molecule has 0 fully saturated rings. The molecule has 0 aliphatic carbocycles. The van der Waals surface area contributed by atoms with Crippen molar-refractivity contribution < 1.29 is 0 Å². The van der Waals surface area contributed by atoms with Crippen molar-refractivity contribution in [3.05, 3.63) is 164 Å². The summed E-state index contributed by atoms with van der Waals surface area (Å²) in [6, 6.07) is 56.1. The number of hydrogen-bond donors (Lipinski definition) is 0. The van der Waals surface area contributed by atoms with Gasteiger partial charge in [-0.3, -0.25) is 4.40 Å². The summed E-state index contributed by atoms with van der Waals surface area (Å²) in [6.45, 7) is 0. The molecule has 224 valence electrons. The van der Waals surface area contributed by atoms with Crippen molar-refractivity contribution in [2.45, 2.75) is 0 Å². The van der Waals surface area contributed by atoms with Crippen LogP contribution in [0.25, 0.3) is 92.4 Å². The number of nitrogens with zero attached hydrogens (tertiary/aromatic N) is 3. The maximum absolute atomic E-state index is 5.19. The van der Waals surface area contributed by atoms with Gasteiger partial charge in [0.2, 0.25) is 0 Å². The molecule has 6 aromatic carbocycles. The molecule has 0 saturated heterocycles. The van der Waals surface area contributed by atoms with E-state index in [1.54, 1.807) is 0 Å². The van der Waals surface area contributed by atoms with Gasteiger partial charge in [-0.2, -0.15) is 0 Å². The van der Waals surface area contributed by atoms with Gasteiger partial charge in [-0.15, -0.1) is 11.3 Å². The summed E-state index contributed by atoms with van der Waals surface area (Å²) in [6.07, 6.45) is 2.00. The Morgan fingerprint density at radius 2 is 1.15 bits per heavy atom. The molecule has 0 aliphatic heterocycles. The zero-order valence-corrected chi connectivity index (χ0v) is 26.7. The minimum atomic E-state index is 0.722. The fraction of sp³-hybridized carbons (Fsp3) is 0. The Balaban J connectivity index is 1.34. The number of para-hydroxylation sites is 1. The van der Waals surface area contributed by atoms with E-state index < -0.39 is 0 Å². The Bertz CT molecular complexity index is 2820. The van der Waals surface area contributed by atoms with Crippen LogP contribution in [0.4, 0.5) is 0 Å². The summed E-state index contributed by atoms with van der Waals surface area (Å²) >= 11 is 1.87. The van der Waals surface area contributed by atoms with Gasteiger partial charge in [0, 0.05) is 54.7 Å². The summed E-state index contributed by atoms with van der Waals surface area (Å²) in [5, 5.41) is 6.28. The van der Waals surface area contributed by atoms with Crippen molar-refractivity contribution >= 4 is 58.8 Å². The van der Waals surface area contributed by atoms with Crippen LogP contribution in [0, 0.1) is 0 Å². The van der Waals surface area contributed by atoms with Crippen molar-refractivity contribution in [3.8, 4) is 44.9 Å². The molecular formula is C44H27N3S. The van der Waals surface area contributed by atoms with Crippen LogP contribution in [0.2, 0.25) is 0 Å². The predicted molar refractivity (Wildman–Crippen MR) is 203 cm³/mol. The molecule has 4 heterocycles. The van der Waals surface area contributed by atoms with E-state index in [2.05, 4.69) is 138 Å². The van der Waals surface area contributed by atoms with Crippen LogP contribution in [0.5, 0.6) is 0 Å². The van der Waals surface area contributed by atoms with Gasteiger partial charge in [-0.05, 0) is 34.7 Å². The van der Waals surface area contributed by atoms with E-state index in [0.29, 0.717) is 0 Å². The van der Waals surface area contributed by atoms with Gasteiger partial charge in [0.1, 0.15) is 4.83 Å². The van der Waals surface area contributed by atoms with Gasteiger partial charge < -0.3 is 0 Å². The lowest BCUT2D eigenvalue weighted by Crippen LogP contribution is -1.96. The molecule has 0 radical (unpaired) electrons. The normalized spacial score (nSPS) is 11.8. The first-order valence-electron chi connectivity index (χ1n) is 16.2. The van der Waals surface area contributed by atoms with Gasteiger partial charge in [0.25, 0.3) is 0 Å². The van der Waals surface area contributed by atoms with Crippen molar-refractivity contribution in [3.63, 3.8) is 0 Å². The second kappa shape index (κ2) is 10.7. The fourth-order valence-corrected chi connectivity index (χ4v) is 8.55. The van der Waals surface area contributed by atoms with E-state index in [-0.39, 0.29) is 0 Å². The molecule has 4 heteroatoms. The van der Waals surface area contributed by atoms with Gasteiger partial charge in [-0.25, -0.2) is 9.97 Å². The highest BCUT2D eigenvalue weighted by Crippen LogP contribution is 2.47. The van der Waals surface area contributed by atoms with E-state index >= 15 is 0 Å². The average Bonchev–Trinajstić information content (AvgIpc) is 3.72. The molecule has 0 amide bonds. The highest BCUT2D eigenvalue weighted by Gasteiger charge is 2.22. The second-order valence-corrected chi connectivity index (χ2v) is 13.2. The smallest absolute Gasteiger partial charge is 0.159 e. The molecule has 4 aromatic heterocycles. The fourth-order valence-electron chi connectivity index (χ4n) is 7.31. The zero-order chi connectivity index (χ0) is 31.6. The molecule has 0 saturated carbocycles. The standard InChI is InChI=1S/C44H27N3S/c1-4-14-28(15-5-1)39-33-20-10-12-22-37(33)47-42(39)32-25-24-31(26-35(32)40-34-21-11-13-23-38(34)48-44(40)47)36-27-45-43(30-18-8-3-9-19-30)46-41(36)29-16-6-2-7-17-29/h1-27H. The Morgan fingerprint density at radius 3 is 1.92 bits per heavy atom. The Labute approximate surface area is 281 Å². The lowest BCUT2D eigenvalue weighted by atomic mass is 9.95. The van der Waals surface area contributed by atoms with Crippen LogP contribution in [0.1, 0.15) is 0 Å². The lowest BCUT2D eigenvalue weighted by molar-refractivity contribution is 1.18. The Morgan fingerprint density at radius 1 is 0.500 bits per heavy atom. The first-order chi connectivity index (χ1) is 23.8. The van der Waals surface area contributed by atoms with Crippen LogP contribution in [-0.4, -0.2) is 14.4 Å². The first-order valence-corrected chi connectivity index (χ1v) is 17.0. The summed E-state index contributed by atoms with van der Waals surface area (Å²) in [4.78, 5) is 11.4. The number of thiophene rings is 1. The summed E-state index contributed by atoms with van der Waals surface area (Å²) < 4.78 is 3.79. The Hall–Kier alpha value is -6.10. The average molecular weight is 630 g/mol. The summed E-state index contributed by atoms with van der Waals surface area (Å²) in [5.41, 5.74) is 10.1. The van der Waals surface area contributed by atoms with Crippen molar-refractivity contribution in [2.75, 3.05) is 0 Å². The van der Waals surface area contributed by atoms with Crippen LogP contribution in [-0.2, 0) is 0 Å². The van der Waals surface area contributed by atoms with Crippen molar-refractivity contribution in [1.29, 1.82) is 0 Å². The number of fused-ring (bicyclic) bond motifs is 10. The van der Waals surface area contributed by atoms with Gasteiger partial charge in [0.05, 0.1) is 16.7 Å². The molecule has 0 unspecified atom stereocenters. The van der Waals surface area contributed by atoms with E-state index in [1.165, 1.54) is 58.6 Å². The van der Waals surface area contributed by atoms with Gasteiger partial charge in [-0.1, -0.05) is 140 Å². The van der Waals surface area contributed by atoms with E-state index in [4.69, 9.17) is 9.97 Å². The van der Waals surface area contributed by atoms with Crippen LogP contribution >= 0.6 is 11.3 Å². The topological polar surface area (TPSA) is 30.2 Å². The monoisotopic (exact) mass is 629 g/mol. The molecule has 0 spiro atoms. The van der Waals surface area contributed by atoms with Crippen LogP contribution in [0.3, 0.4) is 0 Å². The van der Waals surface area contributed by atoms with Gasteiger partial charge in [0.15, 0.2) is 5.82 Å². The molecule has 0 N–H and O–H groups in total.